The lowest BCUT2D eigenvalue weighted by Gasteiger charge is -2.23. The number of carboxylic acids is 1. The summed E-state index contributed by atoms with van der Waals surface area (Å²) in [6.07, 6.45) is 2.63. The second kappa shape index (κ2) is 4.80. The lowest BCUT2D eigenvalue weighted by atomic mass is 9.98. The van der Waals surface area contributed by atoms with Crippen LogP contribution in [0.1, 0.15) is 31.5 Å². The summed E-state index contributed by atoms with van der Waals surface area (Å²) in [5.74, 6) is -1.74. The second-order valence-corrected chi connectivity index (χ2v) is 4.58. The predicted octanol–water partition coefficient (Wildman–Crippen LogP) is 0.897. The monoisotopic (exact) mass is 251 g/mol. The molecule has 1 aliphatic rings. The molecule has 2 unspecified atom stereocenters. The Morgan fingerprint density at radius 1 is 1.61 bits per heavy atom. The first-order valence-electron chi connectivity index (χ1n) is 6.06. The predicted molar refractivity (Wildman–Crippen MR) is 63.8 cm³/mol. The zero-order valence-corrected chi connectivity index (χ0v) is 10.5. The normalized spacial score (nSPS) is 23.7. The Morgan fingerprint density at radius 3 is 2.94 bits per heavy atom. The first-order chi connectivity index (χ1) is 8.56. The van der Waals surface area contributed by atoms with Crippen LogP contribution in [0.25, 0.3) is 0 Å². The van der Waals surface area contributed by atoms with Crippen molar-refractivity contribution in [3.8, 4) is 0 Å². The standard InChI is InChI=1S/C12H17N3O3/c1-3-6-15-9(4-5-13-15)11-8(12(17)18)7-10(16)14(11)2/h4-5,8,11H,3,6-7H2,1-2H3,(H,17,18). The molecule has 0 saturated carbocycles. The third kappa shape index (κ3) is 1.98. The summed E-state index contributed by atoms with van der Waals surface area (Å²) < 4.78 is 1.79. The summed E-state index contributed by atoms with van der Waals surface area (Å²) in [5, 5.41) is 13.4. The molecular formula is C12H17N3O3. The van der Waals surface area contributed by atoms with E-state index in [9.17, 15) is 14.7 Å². The van der Waals surface area contributed by atoms with Gasteiger partial charge in [0.25, 0.3) is 0 Å². The minimum atomic E-state index is -0.929. The molecular weight excluding hydrogens is 234 g/mol. The van der Waals surface area contributed by atoms with E-state index < -0.39 is 17.9 Å². The third-order valence-corrected chi connectivity index (χ3v) is 3.39. The molecule has 2 heterocycles. The molecule has 1 fully saturated rings. The molecule has 1 aromatic rings. The van der Waals surface area contributed by atoms with E-state index in [0.717, 1.165) is 18.7 Å². The Bertz CT molecular complexity index is 469. The molecule has 98 valence electrons. The van der Waals surface area contributed by atoms with Crippen LogP contribution < -0.4 is 0 Å². The van der Waals surface area contributed by atoms with Gasteiger partial charge >= 0.3 is 5.97 Å². The van der Waals surface area contributed by atoms with Gasteiger partial charge < -0.3 is 10.0 Å². The Kier molecular flexibility index (Phi) is 3.36. The number of carbonyl (C=O) groups excluding carboxylic acids is 1. The van der Waals surface area contributed by atoms with Gasteiger partial charge in [-0.15, -0.1) is 0 Å². The lowest BCUT2D eigenvalue weighted by Crippen LogP contribution is -2.29. The number of rotatable bonds is 4. The van der Waals surface area contributed by atoms with Crippen LogP contribution in [0.2, 0.25) is 0 Å². The number of aryl methyl sites for hydroxylation is 1. The van der Waals surface area contributed by atoms with E-state index in [0.29, 0.717) is 0 Å². The highest BCUT2D eigenvalue weighted by molar-refractivity contribution is 5.87. The highest BCUT2D eigenvalue weighted by Crippen LogP contribution is 2.36. The molecule has 0 aliphatic carbocycles. The Morgan fingerprint density at radius 2 is 2.33 bits per heavy atom. The molecule has 1 amide bonds. The smallest absolute Gasteiger partial charge is 0.309 e. The van der Waals surface area contributed by atoms with Gasteiger partial charge in [-0.05, 0) is 12.5 Å². The van der Waals surface area contributed by atoms with Crippen molar-refractivity contribution in [2.24, 2.45) is 5.92 Å². The Hall–Kier alpha value is -1.85. The molecule has 2 atom stereocenters. The van der Waals surface area contributed by atoms with Gasteiger partial charge in [-0.1, -0.05) is 6.92 Å². The van der Waals surface area contributed by atoms with E-state index in [4.69, 9.17) is 0 Å². The number of hydrogen-bond acceptors (Lipinski definition) is 3. The van der Waals surface area contributed by atoms with Gasteiger partial charge in [0.15, 0.2) is 0 Å². The van der Waals surface area contributed by atoms with E-state index in [2.05, 4.69) is 5.10 Å². The van der Waals surface area contributed by atoms with Crippen molar-refractivity contribution < 1.29 is 14.7 Å². The fourth-order valence-electron chi connectivity index (χ4n) is 2.49. The van der Waals surface area contributed by atoms with Gasteiger partial charge in [0, 0.05) is 26.2 Å². The van der Waals surface area contributed by atoms with Gasteiger partial charge in [0.05, 0.1) is 17.7 Å². The van der Waals surface area contributed by atoms with E-state index >= 15 is 0 Å². The van der Waals surface area contributed by atoms with Crippen LogP contribution in [-0.2, 0) is 16.1 Å². The number of amides is 1. The summed E-state index contributed by atoms with van der Waals surface area (Å²) in [5.41, 5.74) is 0.803. The largest absolute Gasteiger partial charge is 0.481 e. The van der Waals surface area contributed by atoms with E-state index in [-0.39, 0.29) is 12.3 Å². The average molecular weight is 251 g/mol. The summed E-state index contributed by atoms with van der Waals surface area (Å²) >= 11 is 0. The number of aromatic nitrogens is 2. The van der Waals surface area contributed by atoms with Gasteiger partial charge in [-0.3, -0.25) is 14.3 Å². The highest BCUT2D eigenvalue weighted by atomic mass is 16.4. The first-order valence-corrected chi connectivity index (χ1v) is 6.06. The molecule has 1 aromatic heterocycles. The van der Waals surface area contributed by atoms with E-state index in [1.54, 1.807) is 24.0 Å². The van der Waals surface area contributed by atoms with Gasteiger partial charge in [0.1, 0.15) is 0 Å². The molecule has 1 saturated heterocycles. The third-order valence-electron chi connectivity index (χ3n) is 3.39. The number of likely N-dealkylation sites (tertiary alicyclic amines) is 1. The van der Waals surface area contributed by atoms with Crippen LogP contribution >= 0.6 is 0 Å². The maximum absolute atomic E-state index is 11.7. The van der Waals surface area contributed by atoms with Crippen LogP contribution in [0, 0.1) is 5.92 Å². The first kappa shape index (κ1) is 12.6. The van der Waals surface area contributed by atoms with Crippen molar-refractivity contribution in [3.05, 3.63) is 18.0 Å². The summed E-state index contributed by atoms with van der Waals surface area (Å²) in [6, 6.07) is 1.38. The Balaban J connectivity index is 2.36. The van der Waals surface area contributed by atoms with Gasteiger partial charge in [-0.2, -0.15) is 5.10 Å². The summed E-state index contributed by atoms with van der Waals surface area (Å²) in [4.78, 5) is 24.5. The van der Waals surface area contributed by atoms with Crippen molar-refractivity contribution in [2.75, 3.05) is 7.05 Å². The fourth-order valence-corrected chi connectivity index (χ4v) is 2.49. The van der Waals surface area contributed by atoms with E-state index in [1.807, 2.05) is 6.92 Å². The minimum absolute atomic E-state index is 0.0633. The zero-order valence-electron chi connectivity index (χ0n) is 10.5. The zero-order chi connectivity index (χ0) is 13.3. The molecule has 0 aromatic carbocycles. The van der Waals surface area contributed by atoms with Crippen molar-refractivity contribution in [3.63, 3.8) is 0 Å². The number of hydrogen-bond donors (Lipinski definition) is 1. The number of carbonyl (C=O) groups is 2. The lowest BCUT2D eigenvalue weighted by molar-refractivity contribution is -0.142. The maximum Gasteiger partial charge on any atom is 0.309 e. The molecule has 0 spiro atoms. The maximum atomic E-state index is 11.7. The molecule has 0 radical (unpaired) electrons. The summed E-state index contributed by atoms with van der Waals surface area (Å²) in [6.45, 7) is 2.76. The molecule has 18 heavy (non-hydrogen) atoms. The minimum Gasteiger partial charge on any atom is -0.481 e. The van der Waals surface area contributed by atoms with Gasteiger partial charge in [-0.25, -0.2) is 0 Å². The van der Waals surface area contributed by atoms with Crippen LogP contribution in [0.3, 0.4) is 0 Å². The van der Waals surface area contributed by atoms with Crippen molar-refractivity contribution in [1.29, 1.82) is 0 Å². The van der Waals surface area contributed by atoms with E-state index in [1.165, 1.54) is 4.90 Å². The van der Waals surface area contributed by atoms with Crippen molar-refractivity contribution >= 4 is 11.9 Å². The van der Waals surface area contributed by atoms with Crippen molar-refractivity contribution in [1.82, 2.24) is 14.7 Å². The average Bonchev–Trinajstić information content (AvgIpc) is 2.86. The molecule has 6 nitrogen and oxygen atoms in total. The molecule has 2 rings (SSSR count). The molecule has 6 heteroatoms. The number of carboxylic acid groups (broad SMARTS) is 1. The van der Waals surface area contributed by atoms with Crippen LogP contribution in [0.4, 0.5) is 0 Å². The SMILES string of the molecule is CCCn1nccc1C1C(C(=O)O)CC(=O)N1C. The molecule has 1 N–H and O–H groups in total. The number of nitrogens with zero attached hydrogens (tertiary/aromatic N) is 3. The Labute approximate surface area is 105 Å². The highest BCUT2D eigenvalue weighted by Gasteiger charge is 2.44. The van der Waals surface area contributed by atoms with Crippen molar-refractivity contribution in [2.45, 2.75) is 32.4 Å². The van der Waals surface area contributed by atoms with Crippen LogP contribution in [0.15, 0.2) is 12.3 Å². The topological polar surface area (TPSA) is 75.4 Å². The molecule has 0 bridgehead atoms. The summed E-state index contributed by atoms with van der Waals surface area (Å²) in [7, 11) is 1.65. The van der Waals surface area contributed by atoms with Crippen LogP contribution in [0.5, 0.6) is 0 Å². The van der Waals surface area contributed by atoms with Crippen LogP contribution in [-0.4, -0.2) is 38.7 Å². The van der Waals surface area contributed by atoms with Gasteiger partial charge in [0.2, 0.25) is 5.91 Å². The fraction of sp³-hybridized carbons (Fsp3) is 0.583. The quantitative estimate of drug-likeness (QED) is 0.862. The number of aliphatic carboxylic acids is 1. The second-order valence-electron chi connectivity index (χ2n) is 4.58. The molecule has 1 aliphatic heterocycles.